The molecule has 20 heavy (non-hydrogen) atoms. The highest BCUT2D eigenvalue weighted by molar-refractivity contribution is 7.13. The van der Waals surface area contributed by atoms with Crippen molar-refractivity contribution >= 4 is 34.5 Å². The molecule has 0 fully saturated rings. The third-order valence-electron chi connectivity index (χ3n) is 2.46. The second-order valence-electron chi connectivity index (χ2n) is 3.85. The van der Waals surface area contributed by atoms with E-state index in [1.807, 2.05) is 17.5 Å². The summed E-state index contributed by atoms with van der Waals surface area (Å²) < 4.78 is 10.6. The van der Waals surface area contributed by atoms with Crippen molar-refractivity contribution in [1.82, 2.24) is 10.1 Å². The first-order chi connectivity index (χ1) is 9.72. The molecule has 0 saturated carbocycles. The zero-order chi connectivity index (χ0) is 13.9. The van der Waals surface area contributed by atoms with Crippen molar-refractivity contribution in [3.05, 3.63) is 51.6 Å². The summed E-state index contributed by atoms with van der Waals surface area (Å²) >= 11 is 13.3. The van der Waals surface area contributed by atoms with Crippen LogP contribution in [0.4, 0.5) is 0 Å². The van der Waals surface area contributed by atoms with Crippen LogP contribution in [0.3, 0.4) is 0 Å². The number of thiophene rings is 1. The molecule has 0 bridgehead atoms. The van der Waals surface area contributed by atoms with Gasteiger partial charge < -0.3 is 9.26 Å². The maximum atomic E-state index is 5.91. The van der Waals surface area contributed by atoms with Gasteiger partial charge in [-0.1, -0.05) is 34.4 Å². The molecule has 0 atom stereocenters. The highest BCUT2D eigenvalue weighted by atomic mass is 35.5. The minimum absolute atomic E-state index is 0.177. The average molecular weight is 327 g/mol. The van der Waals surface area contributed by atoms with Gasteiger partial charge in [0, 0.05) is 6.07 Å². The number of hydrogen-bond acceptors (Lipinski definition) is 5. The lowest BCUT2D eigenvalue weighted by Gasteiger charge is -2.03. The molecule has 3 aromatic rings. The Balaban J connectivity index is 1.68. The maximum absolute atomic E-state index is 5.91. The Kier molecular flexibility index (Phi) is 3.91. The van der Waals surface area contributed by atoms with E-state index in [2.05, 4.69) is 10.1 Å². The molecule has 0 aliphatic heterocycles. The molecule has 1 aromatic carbocycles. The van der Waals surface area contributed by atoms with Crippen LogP contribution in [-0.2, 0) is 6.61 Å². The molecule has 0 radical (unpaired) electrons. The molecule has 2 heterocycles. The Morgan fingerprint density at radius 3 is 2.85 bits per heavy atom. The highest BCUT2D eigenvalue weighted by Crippen LogP contribution is 2.27. The normalized spacial score (nSPS) is 10.7. The predicted octanol–water partition coefficient (Wildman–Crippen LogP) is 4.68. The fourth-order valence-corrected chi connectivity index (χ4v) is 2.47. The van der Waals surface area contributed by atoms with E-state index < -0.39 is 0 Å². The molecule has 2 aromatic heterocycles. The number of halogens is 2. The first kappa shape index (κ1) is 13.4. The minimum atomic E-state index is 0.177. The molecule has 0 N–H and O–H groups in total. The van der Waals surface area contributed by atoms with Crippen molar-refractivity contribution in [2.45, 2.75) is 6.61 Å². The number of rotatable bonds is 4. The van der Waals surface area contributed by atoms with Crippen LogP contribution in [0.25, 0.3) is 10.7 Å². The quantitative estimate of drug-likeness (QED) is 0.698. The number of ether oxygens (including phenoxy) is 1. The van der Waals surface area contributed by atoms with E-state index in [0.29, 0.717) is 27.5 Å². The van der Waals surface area contributed by atoms with Crippen molar-refractivity contribution in [3.8, 4) is 16.5 Å². The lowest BCUT2D eigenvalue weighted by molar-refractivity contribution is 0.243. The summed E-state index contributed by atoms with van der Waals surface area (Å²) in [6, 6.07) is 8.90. The largest absolute Gasteiger partial charge is 0.484 e. The van der Waals surface area contributed by atoms with E-state index in [-0.39, 0.29) is 6.61 Å². The number of benzene rings is 1. The summed E-state index contributed by atoms with van der Waals surface area (Å²) in [4.78, 5) is 5.21. The fourth-order valence-electron chi connectivity index (χ4n) is 1.53. The summed E-state index contributed by atoms with van der Waals surface area (Å²) in [7, 11) is 0. The van der Waals surface area contributed by atoms with E-state index in [0.717, 1.165) is 4.88 Å². The van der Waals surface area contributed by atoms with E-state index in [1.165, 1.54) is 0 Å². The number of hydrogen-bond donors (Lipinski definition) is 0. The van der Waals surface area contributed by atoms with Gasteiger partial charge in [-0.05, 0) is 23.6 Å². The maximum Gasteiger partial charge on any atom is 0.264 e. The van der Waals surface area contributed by atoms with Gasteiger partial charge in [-0.15, -0.1) is 11.3 Å². The van der Waals surface area contributed by atoms with Gasteiger partial charge in [-0.2, -0.15) is 4.98 Å². The highest BCUT2D eigenvalue weighted by Gasteiger charge is 2.10. The zero-order valence-corrected chi connectivity index (χ0v) is 12.4. The zero-order valence-electron chi connectivity index (χ0n) is 10.0. The van der Waals surface area contributed by atoms with Gasteiger partial charge in [-0.25, -0.2) is 0 Å². The molecule has 3 rings (SSSR count). The minimum Gasteiger partial charge on any atom is -0.484 e. The Morgan fingerprint density at radius 2 is 2.10 bits per heavy atom. The molecule has 0 aliphatic carbocycles. The van der Waals surface area contributed by atoms with Crippen LogP contribution in [0.1, 0.15) is 5.89 Å². The summed E-state index contributed by atoms with van der Waals surface area (Å²) in [5.41, 5.74) is 0. The summed E-state index contributed by atoms with van der Waals surface area (Å²) in [6.45, 7) is 0.177. The fraction of sp³-hybridized carbons (Fsp3) is 0.0769. The second kappa shape index (κ2) is 5.83. The summed E-state index contributed by atoms with van der Waals surface area (Å²) in [5, 5.41) is 6.78. The van der Waals surface area contributed by atoms with E-state index in [1.54, 1.807) is 29.5 Å². The molecule has 4 nitrogen and oxygen atoms in total. The smallest absolute Gasteiger partial charge is 0.264 e. The molecule has 0 aliphatic rings. The molecule has 0 unspecified atom stereocenters. The van der Waals surface area contributed by atoms with Gasteiger partial charge in [0.1, 0.15) is 5.75 Å². The molecule has 102 valence electrons. The third-order valence-corrected chi connectivity index (χ3v) is 4.07. The van der Waals surface area contributed by atoms with Gasteiger partial charge in [0.05, 0.1) is 14.9 Å². The van der Waals surface area contributed by atoms with Crippen LogP contribution in [0.15, 0.2) is 40.2 Å². The van der Waals surface area contributed by atoms with Crippen LogP contribution < -0.4 is 4.74 Å². The number of nitrogens with zero attached hydrogens (tertiary/aromatic N) is 2. The first-order valence-electron chi connectivity index (χ1n) is 5.67. The van der Waals surface area contributed by atoms with Crippen LogP contribution in [0.5, 0.6) is 5.75 Å². The molecule has 0 amide bonds. The molecule has 0 spiro atoms. The predicted molar refractivity (Wildman–Crippen MR) is 78.4 cm³/mol. The van der Waals surface area contributed by atoms with Crippen LogP contribution in [-0.4, -0.2) is 10.1 Å². The van der Waals surface area contributed by atoms with E-state index in [4.69, 9.17) is 32.5 Å². The monoisotopic (exact) mass is 326 g/mol. The molecular weight excluding hydrogens is 319 g/mol. The van der Waals surface area contributed by atoms with Crippen molar-refractivity contribution in [1.29, 1.82) is 0 Å². The van der Waals surface area contributed by atoms with Crippen LogP contribution in [0, 0.1) is 0 Å². The van der Waals surface area contributed by atoms with Crippen LogP contribution in [0.2, 0.25) is 10.0 Å². The molecular formula is C13H8Cl2N2O2S. The van der Waals surface area contributed by atoms with Crippen molar-refractivity contribution in [3.63, 3.8) is 0 Å². The van der Waals surface area contributed by atoms with Crippen LogP contribution >= 0.6 is 34.5 Å². The Labute approximate surface area is 128 Å². The number of aromatic nitrogens is 2. The third kappa shape index (κ3) is 2.95. The lowest BCUT2D eigenvalue weighted by Crippen LogP contribution is -1.95. The van der Waals surface area contributed by atoms with Gasteiger partial charge >= 0.3 is 0 Å². The Bertz CT molecular complexity index is 713. The topological polar surface area (TPSA) is 48.2 Å². The lowest BCUT2D eigenvalue weighted by atomic mass is 10.3. The SMILES string of the molecule is Clc1ccc(OCc2nc(-c3cccs3)no2)cc1Cl. The van der Waals surface area contributed by atoms with Crippen molar-refractivity contribution < 1.29 is 9.26 Å². The summed E-state index contributed by atoms with van der Waals surface area (Å²) in [6.07, 6.45) is 0. The summed E-state index contributed by atoms with van der Waals surface area (Å²) in [5.74, 6) is 1.56. The van der Waals surface area contributed by atoms with E-state index in [9.17, 15) is 0 Å². The Morgan fingerprint density at radius 1 is 1.20 bits per heavy atom. The first-order valence-corrected chi connectivity index (χ1v) is 7.30. The molecule has 7 heteroatoms. The standard InChI is InChI=1S/C13H8Cl2N2O2S/c14-9-4-3-8(6-10(9)15)18-7-12-16-13(17-19-12)11-2-1-5-20-11/h1-6H,7H2. The van der Waals surface area contributed by atoms with E-state index >= 15 is 0 Å². The van der Waals surface area contributed by atoms with Gasteiger partial charge in [0.15, 0.2) is 6.61 Å². The average Bonchev–Trinajstić information content (AvgIpc) is 3.09. The van der Waals surface area contributed by atoms with Gasteiger partial charge in [0.25, 0.3) is 5.89 Å². The van der Waals surface area contributed by atoms with Crippen molar-refractivity contribution in [2.24, 2.45) is 0 Å². The van der Waals surface area contributed by atoms with Gasteiger partial charge in [-0.3, -0.25) is 0 Å². The molecule has 0 saturated heterocycles. The Hall–Kier alpha value is -1.56. The van der Waals surface area contributed by atoms with Crippen molar-refractivity contribution in [2.75, 3.05) is 0 Å². The van der Waals surface area contributed by atoms with Gasteiger partial charge in [0.2, 0.25) is 5.82 Å². The second-order valence-corrected chi connectivity index (χ2v) is 5.62.